The van der Waals surface area contributed by atoms with E-state index in [1.165, 1.54) is 32.1 Å². The molecule has 1 aliphatic carbocycles. The SMILES string of the molecule is CCCCNc1nc(C)cc(NCCC2=CCCCC2)n1. The van der Waals surface area contributed by atoms with Gasteiger partial charge >= 0.3 is 0 Å². The van der Waals surface area contributed by atoms with Crippen molar-refractivity contribution in [3.05, 3.63) is 23.4 Å². The summed E-state index contributed by atoms with van der Waals surface area (Å²) in [6.07, 6.45) is 11.1. The first-order chi connectivity index (χ1) is 10.3. The molecule has 0 saturated heterocycles. The number of rotatable bonds is 8. The van der Waals surface area contributed by atoms with Gasteiger partial charge in [-0.2, -0.15) is 4.98 Å². The maximum atomic E-state index is 4.54. The molecule has 0 bridgehead atoms. The lowest BCUT2D eigenvalue weighted by molar-refractivity contribution is 0.679. The quantitative estimate of drug-likeness (QED) is 0.553. The summed E-state index contributed by atoms with van der Waals surface area (Å²) in [5.41, 5.74) is 2.60. The Morgan fingerprint density at radius 2 is 2.05 bits per heavy atom. The number of hydrogen-bond acceptors (Lipinski definition) is 4. The molecule has 0 atom stereocenters. The van der Waals surface area contributed by atoms with E-state index in [1.54, 1.807) is 5.57 Å². The lowest BCUT2D eigenvalue weighted by Crippen LogP contribution is -2.10. The Balaban J connectivity index is 1.82. The van der Waals surface area contributed by atoms with E-state index >= 15 is 0 Å². The van der Waals surface area contributed by atoms with E-state index in [1.807, 2.05) is 13.0 Å². The van der Waals surface area contributed by atoms with E-state index in [9.17, 15) is 0 Å². The van der Waals surface area contributed by atoms with Crippen LogP contribution in [0.25, 0.3) is 0 Å². The van der Waals surface area contributed by atoms with E-state index < -0.39 is 0 Å². The third kappa shape index (κ3) is 5.74. The molecule has 0 radical (unpaired) electrons. The van der Waals surface area contributed by atoms with Crippen molar-refractivity contribution in [3.63, 3.8) is 0 Å². The molecule has 21 heavy (non-hydrogen) atoms. The molecule has 0 aromatic carbocycles. The topological polar surface area (TPSA) is 49.8 Å². The fourth-order valence-electron chi connectivity index (χ4n) is 2.60. The second-order valence-electron chi connectivity index (χ2n) is 5.78. The Kier molecular flexibility index (Phi) is 6.51. The Morgan fingerprint density at radius 3 is 2.81 bits per heavy atom. The molecular weight excluding hydrogens is 260 g/mol. The summed E-state index contributed by atoms with van der Waals surface area (Å²) in [5, 5.41) is 6.72. The Labute approximate surface area is 128 Å². The highest BCUT2D eigenvalue weighted by atomic mass is 15.1. The number of nitrogens with one attached hydrogen (secondary N) is 2. The van der Waals surface area contributed by atoms with Gasteiger partial charge in [0, 0.05) is 24.8 Å². The molecule has 2 rings (SSSR count). The van der Waals surface area contributed by atoms with Gasteiger partial charge in [-0.05, 0) is 45.4 Å². The lowest BCUT2D eigenvalue weighted by Gasteiger charge is -2.14. The van der Waals surface area contributed by atoms with Gasteiger partial charge in [0.1, 0.15) is 5.82 Å². The molecule has 1 aliphatic rings. The summed E-state index contributed by atoms with van der Waals surface area (Å²) in [6, 6.07) is 2.01. The maximum Gasteiger partial charge on any atom is 0.224 e. The first kappa shape index (κ1) is 15.8. The van der Waals surface area contributed by atoms with Crippen LogP contribution in [0.1, 0.15) is 57.6 Å². The first-order valence-corrected chi connectivity index (χ1v) is 8.29. The number of aromatic nitrogens is 2. The first-order valence-electron chi connectivity index (χ1n) is 8.29. The average Bonchev–Trinajstić information content (AvgIpc) is 2.48. The summed E-state index contributed by atoms with van der Waals surface area (Å²) < 4.78 is 0. The van der Waals surface area contributed by atoms with E-state index in [0.717, 1.165) is 43.4 Å². The van der Waals surface area contributed by atoms with Gasteiger partial charge < -0.3 is 10.6 Å². The Bertz CT molecular complexity index is 468. The number of anilines is 2. The molecule has 2 N–H and O–H groups in total. The molecule has 116 valence electrons. The van der Waals surface area contributed by atoms with Crippen molar-refractivity contribution in [1.29, 1.82) is 0 Å². The zero-order valence-electron chi connectivity index (χ0n) is 13.4. The summed E-state index contributed by atoms with van der Waals surface area (Å²) in [6.45, 7) is 6.09. The molecule has 0 fully saturated rings. The molecule has 0 amide bonds. The zero-order chi connectivity index (χ0) is 14.9. The monoisotopic (exact) mass is 288 g/mol. The summed E-state index contributed by atoms with van der Waals surface area (Å²) in [4.78, 5) is 8.97. The minimum Gasteiger partial charge on any atom is -0.370 e. The van der Waals surface area contributed by atoms with Crippen LogP contribution < -0.4 is 10.6 Å². The standard InChI is InChI=1S/C17H28N4/c1-3-4-11-19-17-20-14(2)13-16(21-17)18-12-10-15-8-6-5-7-9-15/h8,13H,3-7,9-12H2,1-2H3,(H2,18,19,20,21). The van der Waals surface area contributed by atoms with Crippen LogP contribution in [-0.2, 0) is 0 Å². The predicted octanol–water partition coefficient (Wildman–Crippen LogP) is 4.30. The van der Waals surface area contributed by atoms with E-state index in [0.29, 0.717) is 0 Å². The average molecular weight is 288 g/mol. The molecule has 0 spiro atoms. The van der Waals surface area contributed by atoms with Crippen LogP contribution in [0, 0.1) is 6.92 Å². The molecule has 0 saturated carbocycles. The Morgan fingerprint density at radius 1 is 1.14 bits per heavy atom. The van der Waals surface area contributed by atoms with Crippen molar-refractivity contribution >= 4 is 11.8 Å². The minimum absolute atomic E-state index is 0.739. The normalized spacial score (nSPS) is 14.7. The fourth-order valence-corrected chi connectivity index (χ4v) is 2.60. The van der Waals surface area contributed by atoms with Gasteiger partial charge in [-0.15, -0.1) is 0 Å². The van der Waals surface area contributed by atoms with E-state index in [-0.39, 0.29) is 0 Å². The second kappa shape index (κ2) is 8.65. The van der Waals surface area contributed by atoms with Crippen LogP contribution in [0.5, 0.6) is 0 Å². The number of nitrogens with zero attached hydrogens (tertiary/aromatic N) is 2. The van der Waals surface area contributed by atoms with Crippen molar-refractivity contribution < 1.29 is 0 Å². The number of allylic oxidation sites excluding steroid dienone is 1. The molecule has 0 unspecified atom stereocenters. The van der Waals surface area contributed by atoms with Crippen molar-refractivity contribution in [2.75, 3.05) is 23.7 Å². The lowest BCUT2D eigenvalue weighted by atomic mass is 9.97. The number of aryl methyl sites for hydroxylation is 1. The zero-order valence-corrected chi connectivity index (χ0v) is 13.4. The van der Waals surface area contributed by atoms with Crippen molar-refractivity contribution in [2.24, 2.45) is 0 Å². The third-order valence-corrected chi connectivity index (χ3v) is 3.80. The summed E-state index contributed by atoms with van der Waals surface area (Å²) in [5.74, 6) is 1.67. The molecule has 1 aromatic heterocycles. The minimum atomic E-state index is 0.739. The Hall–Kier alpha value is -1.58. The van der Waals surface area contributed by atoms with Gasteiger partial charge in [0.05, 0.1) is 0 Å². The van der Waals surface area contributed by atoms with Crippen LogP contribution in [0.4, 0.5) is 11.8 Å². The predicted molar refractivity (Wildman–Crippen MR) is 89.8 cm³/mol. The van der Waals surface area contributed by atoms with Gasteiger partial charge in [0.15, 0.2) is 0 Å². The van der Waals surface area contributed by atoms with Crippen molar-refractivity contribution in [2.45, 2.75) is 58.8 Å². The highest BCUT2D eigenvalue weighted by Crippen LogP contribution is 2.20. The molecule has 0 aliphatic heterocycles. The van der Waals surface area contributed by atoms with Crippen molar-refractivity contribution in [1.82, 2.24) is 9.97 Å². The number of hydrogen-bond donors (Lipinski definition) is 2. The van der Waals surface area contributed by atoms with Crippen molar-refractivity contribution in [3.8, 4) is 0 Å². The fraction of sp³-hybridized carbons (Fsp3) is 0.647. The van der Waals surface area contributed by atoms with Crippen LogP contribution in [-0.4, -0.2) is 23.1 Å². The largest absolute Gasteiger partial charge is 0.370 e. The molecule has 4 nitrogen and oxygen atoms in total. The second-order valence-corrected chi connectivity index (χ2v) is 5.78. The van der Waals surface area contributed by atoms with Crippen LogP contribution in [0.3, 0.4) is 0 Å². The third-order valence-electron chi connectivity index (χ3n) is 3.80. The summed E-state index contributed by atoms with van der Waals surface area (Å²) >= 11 is 0. The highest BCUT2D eigenvalue weighted by molar-refractivity contribution is 5.42. The summed E-state index contributed by atoms with van der Waals surface area (Å²) in [7, 11) is 0. The molecule has 1 heterocycles. The van der Waals surface area contributed by atoms with Gasteiger partial charge in [-0.25, -0.2) is 4.98 Å². The highest BCUT2D eigenvalue weighted by Gasteiger charge is 2.05. The molecular formula is C17H28N4. The smallest absolute Gasteiger partial charge is 0.224 e. The van der Waals surface area contributed by atoms with Gasteiger partial charge in [0.2, 0.25) is 5.95 Å². The van der Waals surface area contributed by atoms with Crippen LogP contribution in [0.15, 0.2) is 17.7 Å². The van der Waals surface area contributed by atoms with E-state index in [4.69, 9.17) is 0 Å². The van der Waals surface area contributed by atoms with Crippen LogP contribution >= 0.6 is 0 Å². The van der Waals surface area contributed by atoms with E-state index in [2.05, 4.69) is 33.6 Å². The van der Waals surface area contributed by atoms with Gasteiger partial charge in [-0.3, -0.25) is 0 Å². The number of unbranched alkanes of at least 4 members (excludes halogenated alkanes) is 1. The molecule has 4 heteroatoms. The molecule has 1 aromatic rings. The van der Waals surface area contributed by atoms with Gasteiger partial charge in [-0.1, -0.05) is 25.0 Å². The van der Waals surface area contributed by atoms with Gasteiger partial charge in [0.25, 0.3) is 0 Å². The van der Waals surface area contributed by atoms with Crippen LogP contribution in [0.2, 0.25) is 0 Å². The maximum absolute atomic E-state index is 4.54.